The maximum atomic E-state index is 12.2. The molecular weight excluding hydrogens is 474 g/mol. The lowest BCUT2D eigenvalue weighted by Gasteiger charge is -2.16. The smallest absolute Gasteiger partial charge is 0.162 e. The second kappa shape index (κ2) is 19.6. The lowest BCUT2D eigenvalue weighted by Crippen LogP contribution is -2.06. The summed E-state index contributed by atoms with van der Waals surface area (Å²) >= 11 is 0. The zero-order chi connectivity index (χ0) is 29.0. The van der Waals surface area contributed by atoms with Crippen molar-refractivity contribution in [3.63, 3.8) is 0 Å². The summed E-state index contributed by atoms with van der Waals surface area (Å²) in [4.78, 5) is 12.2. The van der Waals surface area contributed by atoms with Gasteiger partial charge in [0.1, 0.15) is 0 Å². The summed E-state index contributed by atoms with van der Waals surface area (Å²) in [7, 11) is 0. The maximum absolute atomic E-state index is 12.2. The minimum absolute atomic E-state index is 0.213. The number of carbonyl (C=O) groups is 1. The Labute approximate surface area is 239 Å². The van der Waals surface area contributed by atoms with Crippen LogP contribution in [-0.4, -0.2) is 5.78 Å². The Balaban J connectivity index is 0.000000392. The van der Waals surface area contributed by atoms with Gasteiger partial charge in [-0.25, -0.2) is 0 Å². The standard InChI is InChI=1S/C21H27NO.C11H16.C5H8/c1-4-6-10-18-13-14-19(21(23)9-5-2)15-20(18)22-16(3)17-11-7-8-12-17;1-3-4-8-11-9-6-5-7-10(11)2;1-4-5(2)3/h7-8,11,13-15,22H,3-6,9-10,12H2,1-2H3;5-7,9H,3-4,8H2,1-2H3;4H,1-2H2,3H3. The van der Waals surface area contributed by atoms with Crippen molar-refractivity contribution in [3.05, 3.63) is 126 Å². The molecule has 0 unspecified atom stereocenters. The Morgan fingerprint density at radius 2 is 1.59 bits per heavy atom. The number of allylic oxidation sites excluding steroid dienone is 6. The van der Waals surface area contributed by atoms with Gasteiger partial charge in [0.15, 0.2) is 5.78 Å². The molecule has 0 amide bonds. The number of benzene rings is 2. The molecule has 2 heteroatoms. The molecule has 0 fully saturated rings. The molecule has 0 atom stereocenters. The van der Waals surface area contributed by atoms with Crippen molar-refractivity contribution < 1.29 is 4.79 Å². The van der Waals surface area contributed by atoms with Crippen LogP contribution in [0.5, 0.6) is 0 Å². The molecule has 0 aliphatic heterocycles. The summed E-state index contributed by atoms with van der Waals surface area (Å²) in [6.45, 7) is 21.7. The van der Waals surface area contributed by atoms with Crippen molar-refractivity contribution in [1.82, 2.24) is 0 Å². The molecular formula is C37H51NO. The van der Waals surface area contributed by atoms with Crippen LogP contribution in [0.4, 0.5) is 5.69 Å². The Morgan fingerprint density at radius 3 is 2.13 bits per heavy atom. The highest BCUT2D eigenvalue weighted by atomic mass is 16.1. The molecule has 0 bridgehead atoms. The first kappa shape index (κ1) is 33.6. The van der Waals surface area contributed by atoms with Gasteiger partial charge in [0.25, 0.3) is 0 Å². The molecule has 2 aromatic rings. The summed E-state index contributed by atoms with van der Waals surface area (Å²) in [5, 5.41) is 3.44. The quantitative estimate of drug-likeness (QED) is 0.208. The van der Waals surface area contributed by atoms with E-state index in [0.29, 0.717) is 6.42 Å². The Kier molecular flexibility index (Phi) is 16.9. The van der Waals surface area contributed by atoms with Gasteiger partial charge in [0.2, 0.25) is 0 Å². The predicted octanol–water partition coefficient (Wildman–Crippen LogP) is 10.9. The van der Waals surface area contributed by atoms with Gasteiger partial charge in [-0.2, -0.15) is 0 Å². The van der Waals surface area contributed by atoms with Gasteiger partial charge < -0.3 is 5.32 Å². The molecule has 0 saturated heterocycles. The van der Waals surface area contributed by atoms with Crippen LogP contribution in [0.15, 0.2) is 103 Å². The highest BCUT2D eigenvalue weighted by Gasteiger charge is 2.12. The summed E-state index contributed by atoms with van der Waals surface area (Å²) in [5.74, 6) is 0.213. The maximum Gasteiger partial charge on any atom is 0.162 e. The number of Topliss-reactive ketones (excluding diaryl/α,β-unsaturated/α-hetero) is 1. The van der Waals surface area contributed by atoms with Gasteiger partial charge in [0.05, 0.1) is 0 Å². The van der Waals surface area contributed by atoms with Crippen molar-refractivity contribution in [3.8, 4) is 0 Å². The number of aryl methyl sites for hydroxylation is 3. The van der Waals surface area contributed by atoms with Crippen molar-refractivity contribution in [2.45, 2.75) is 92.4 Å². The minimum Gasteiger partial charge on any atom is -0.356 e. The van der Waals surface area contributed by atoms with Crippen LogP contribution in [-0.2, 0) is 12.8 Å². The molecule has 39 heavy (non-hydrogen) atoms. The number of nitrogens with one attached hydrogen (secondary N) is 1. The highest BCUT2D eigenvalue weighted by Crippen LogP contribution is 2.26. The van der Waals surface area contributed by atoms with Crippen LogP contribution in [0, 0.1) is 6.92 Å². The van der Waals surface area contributed by atoms with Crippen molar-refractivity contribution in [2.24, 2.45) is 0 Å². The molecule has 2 aromatic carbocycles. The Morgan fingerprint density at radius 1 is 0.949 bits per heavy atom. The molecule has 0 heterocycles. The van der Waals surface area contributed by atoms with Crippen LogP contribution in [0.3, 0.4) is 0 Å². The van der Waals surface area contributed by atoms with E-state index in [1.54, 1.807) is 6.08 Å². The van der Waals surface area contributed by atoms with Crippen molar-refractivity contribution >= 4 is 11.5 Å². The molecule has 1 N–H and O–H groups in total. The number of unbranched alkanes of at least 4 members (excludes halogenated alkanes) is 2. The third kappa shape index (κ3) is 13.3. The van der Waals surface area contributed by atoms with Crippen molar-refractivity contribution in [2.75, 3.05) is 5.32 Å². The first-order valence-corrected chi connectivity index (χ1v) is 14.6. The van der Waals surface area contributed by atoms with Gasteiger partial charge in [-0.05, 0) is 80.7 Å². The zero-order valence-corrected chi connectivity index (χ0v) is 25.2. The summed E-state index contributed by atoms with van der Waals surface area (Å²) in [5.41, 5.74) is 9.16. The fourth-order valence-electron chi connectivity index (χ4n) is 3.99. The summed E-state index contributed by atoms with van der Waals surface area (Å²) < 4.78 is 0. The largest absolute Gasteiger partial charge is 0.356 e. The van der Waals surface area contributed by atoms with Crippen LogP contribution >= 0.6 is 0 Å². The first-order valence-electron chi connectivity index (χ1n) is 14.6. The van der Waals surface area contributed by atoms with Gasteiger partial charge in [-0.3, -0.25) is 4.79 Å². The van der Waals surface area contributed by atoms with Gasteiger partial charge in [0, 0.05) is 23.4 Å². The van der Waals surface area contributed by atoms with E-state index < -0.39 is 0 Å². The molecule has 0 aromatic heterocycles. The number of hydrogen-bond donors (Lipinski definition) is 1. The minimum atomic E-state index is 0.213. The molecule has 210 valence electrons. The summed E-state index contributed by atoms with van der Waals surface area (Å²) in [6, 6.07) is 14.7. The topological polar surface area (TPSA) is 29.1 Å². The average molecular weight is 526 g/mol. The van der Waals surface area contributed by atoms with Crippen LogP contribution in [0.2, 0.25) is 0 Å². The summed E-state index contributed by atoms with van der Waals surface area (Å²) in [6.07, 6.45) is 17.6. The van der Waals surface area contributed by atoms with E-state index in [0.717, 1.165) is 54.6 Å². The Hall–Kier alpha value is -3.39. The molecule has 1 aliphatic carbocycles. The zero-order valence-electron chi connectivity index (χ0n) is 25.2. The van der Waals surface area contributed by atoms with E-state index in [4.69, 9.17) is 0 Å². The normalized spacial score (nSPS) is 11.4. The number of carbonyl (C=O) groups excluding carboxylic acids is 1. The lowest BCUT2D eigenvalue weighted by atomic mass is 9.99. The predicted molar refractivity (Wildman–Crippen MR) is 174 cm³/mol. The van der Waals surface area contributed by atoms with E-state index in [9.17, 15) is 4.79 Å². The molecule has 0 radical (unpaired) electrons. The molecule has 1 aliphatic rings. The highest BCUT2D eigenvalue weighted by molar-refractivity contribution is 5.97. The number of ketones is 1. The molecule has 0 spiro atoms. The SMILES string of the molecule is C=C(Nc1cc(C(=O)CCC)ccc1CCCC)C1=CC=CC1.C=CC(=C)C.CCCCc1ccccc1C. The second-order valence-electron chi connectivity index (χ2n) is 10.2. The van der Waals surface area contributed by atoms with E-state index in [1.807, 2.05) is 26.0 Å². The van der Waals surface area contributed by atoms with Crippen LogP contribution in [0.1, 0.15) is 99.7 Å². The monoisotopic (exact) mass is 525 g/mol. The van der Waals surface area contributed by atoms with E-state index in [2.05, 4.69) is 94.4 Å². The molecule has 3 rings (SSSR count). The number of rotatable bonds is 13. The average Bonchev–Trinajstić information content (AvgIpc) is 3.48. The second-order valence-corrected chi connectivity index (χ2v) is 10.2. The number of hydrogen-bond acceptors (Lipinski definition) is 2. The van der Waals surface area contributed by atoms with Gasteiger partial charge in [-0.1, -0.05) is 120 Å². The van der Waals surface area contributed by atoms with Gasteiger partial charge >= 0.3 is 0 Å². The van der Waals surface area contributed by atoms with E-state index in [-0.39, 0.29) is 5.78 Å². The molecule has 2 nitrogen and oxygen atoms in total. The lowest BCUT2D eigenvalue weighted by molar-refractivity contribution is 0.0981. The van der Waals surface area contributed by atoms with Crippen molar-refractivity contribution in [1.29, 1.82) is 0 Å². The van der Waals surface area contributed by atoms with Gasteiger partial charge in [-0.15, -0.1) is 0 Å². The van der Waals surface area contributed by atoms with Crippen LogP contribution in [0.25, 0.3) is 0 Å². The first-order chi connectivity index (χ1) is 18.8. The third-order valence-electron chi connectivity index (χ3n) is 6.56. The fraction of sp³-hybridized carbons (Fsp3) is 0.378. The molecule has 0 saturated carbocycles. The number of anilines is 1. The van der Waals surface area contributed by atoms with Crippen LogP contribution < -0.4 is 5.32 Å². The van der Waals surface area contributed by atoms with E-state index in [1.165, 1.54) is 41.5 Å². The van der Waals surface area contributed by atoms with E-state index >= 15 is 0 Å². The Bertz CT molecular complexity index is 1130. The third-order valence-corrected chi connectivity index (χ3v) is 6.56. The fourth-order valence-corrected chi connectivity index (χ4v) is 3.99.